The fourth-order valence-electron chi connectivity index (χ4n) is 3.75. The van der Waals surface area contributed by atoms with Crippen LogP contribution in [0.5, 0.6) is 0 Å². The van der Waals surface area contributed by atoms with Gasteiger partial charge in [0.2, 0.25) is 15.9 Å². The summed E-state index contributed by atoms with van der Waals surface area (Å²) in [6.45, 7) is 11.2. The van der Waals surface area contributed by atoms with Gasteiger partial charge in [-0.1, -0.05) is 27.7 Å². The molecule has 1 fully saturated rings. The molecule has 6 nitrogen and oxygen atoms in total. The Hall–Kier alpha value is -1.44. The number of sulfonamides is 1. The van der Waals surface area contributed by atoms with Gasteiger partial charge in [0.15, 0.2) is 0 Å². The number of likely N-dealkylation sites (tertiary alicyclic amines) is 1. The summed E-state index contributed by atoms with van der Waals surface area (Å²) in [4.78, 5) is 14.7. The van der Waals surface area contributed by atoms with E-state index in [0.29, 0.717) is 37.2 Å². The second kappa shape index (κ2) is 8.97. The van der Waals surface area contributed by atoms with Crippen molar-refractivity contribution in [3.05, 3.63) is 24.3 Å². The molecule has 0 unspecified atom stereocenters. The Morgan fingerprint density at radius 2 is 1.65 bits per heavy atom. The monoisotopic (exact) mass is 381 g/mol. The molecule has 0 saturated carbocycles. The van der Waals surface area contributed by atoms with E-state index in [1.807, 2.05) is 13.8 Å². The molecule has 2 atom stereocenters. The molecule has 1 N–H and O–H groups in total. The third kappa shape index (κ3) is 5.28. The van der Waals surface area contributed by atoms with Crippen LogP contribution in [-0.4, -0.2) is 56.3 Å². The van der Waals surface area contributed by atoms with Crippen LogP contribution in [0, 0.1) is 11.8 Å². The van der Waals surface area contributed by atoms with Gasteiger partial charge in [-0.15, -0.1) is 0 Å². The first-order valence-electron chi connectivity index (χ1n) is 9.38. The van der Waals surface area contributed by atoms with Gasteiger partial charge in [0, 0.05) is 31.9 Å². The van der Waals surface area contributed by atoms with Crippen LogP contribution in [0.25, 0.3) is 0 Å². The maximum absolute atomic E-state index is 12.5. The van der Waals surface area contributed by atoms with E-state index in [2.05, 4.69) is 24.1 Å². The van der Waals surface area contributed by atoms with E-state index in [-0.39, 0.29) is 10.8 Å². The van der Waals surface area contributed by atoms with Gasteiger partial charge in [-0.2, -0.15) is 4.31 Å². The summed E-state index contributed by atoms with van der Waals surface area (Å²) < 4.78 is 26.4. The molecule has 0 bridgehead atoms. The summed E-state index contributed by atoms with van der Waals surface area (Å²) in [5.74, 6) is 1.15. The molecule has 7 heteroatoms. The molecule has 1 aromatic rings. The molecule has 2 rings (SSSR count). The van der Waals surface area contributed by atoms with Crippen LogP contribution in [0.15, 0.2) is 29.2 Å². The minimum atomic E-state index is -3.47. The number of benzene rings is 1. The smallest absolute Gasteiger partial charge is 0.243 e. The van der Waals surface area contributed by atoms with Gasteiger partial charge in [-0.05, 0) is 42.5 Å². The van der Waals surface area contributed by atoms with Crippen LogP contribution in [0.2, 0.25) is 0 Å². The lowest BCUT2D eigenvalue weighted by Crippen LogP contribution is -2.42. The highest BCUT2D eigenvalue weighted by Crippen LogP contribution is 2.21. The Morgan fingerprint density at radius 1 is 1.12 bits per heavy atom. The van der Waals surface area contributed by atoms with Crippen LogP contribution in [0.1, 0.15) is 34.1 Å². The number of carbonyl (C=O) groups is 1. The molecule has 1 aliphatic rings. The summed E-state index contributed by atoms with van der Waals surface area (Å²) >= 11 is 0. The lowest BCUT2D eigenvalue weighted by atomic mass is 9.92. The van der Waals surface area contributed by atoms with Gasteiger partial charge in [0.1, 0.15) is 0 Å². The van der Waals surface area contributed by atoms with Crippen molar-refractivity contribution in [3.8, 4) is 0 Å². The van der Waals surface area contributed by atoms with E-state index in [4.69, 9.17) is 0 Å². The lowest BCUT2D eigenvalue weighted by molar-refractivity contribution is -0.117. The quantitative estimate of drug-likeness (QED) is 0.788. The fourth-order valence-corrected chi connectivity index (χ4v) is 5.21. The molecule has 1 aliphatic heterocycles. The maximum atomic E-state index is 12.5. The van der Waals surface area contributed by atoms with Crippen molar-refractivity contribution in [2.24, 2.45) is 11.8 Å². The van der Waals surface area contributed by atoms with Crippen molar-refractivity contribution in [3.63, 3.8) is 0 Å². The number of anilines is 1. The van der Waals surface area contributed by atoms with Crippen molar-refractivity contribution in [2.45, 2.75) is 39.0 Å². The van der Waals surface area contributed by atoms with E-state index in [0.717, 1.165) is 13.1 Å². The van der Waals surface area contributed by atoms with Crippen molar-refractivity contribution in [1.29, 1.82) is 0 Å². The Labute approximate surface area is 157 Å². The number of hydrogen-bond acceptors (Lipinski definition) is 4. The van der Waals surface area contributed by atoms with Gasteiger partial charge in [-0.3, -0.25) is 9.69 Å². The SMILES string of the molecule is CCN(CC)S(=O)(=O)c1ccc(NC(=O)CN2C[C@@H](C)C[C@H](C)C2)cc1. The second-order valence-electron chi connectivity index (χ2n) is 7.30. The Bertz CT molecular complexity index is 689. The molecular formula is C19H31N3O3S. The van der Waals surface area contributed by atoms with Crippen LogP contribution in [0.4, 0.5) is 5.69 Å². The van der Waals surface area contributed by atoms with Gasteiger partial charge >= 0.3 is 0 Å². The van der Waals surface area contributed by atoms with Gasteiger partial charge < -0.3 is 5.32 Å². The largest absolute Gasteiger partial charge is 0.325 e. The number of rotatable bonds is 7. The third-order valence-corrected chi connectivity index (χ3v) is 6.86. The normalized spacial score (nSPS) is 21.7. The van der Waals surface area contributed by atoms with Gasteiger partial charge in [-0.25, -0.2) is 8.42 Å². The minimum Gasteiger partial charge on any atom is -0.325 e. The summed E-state index contributed by atoms with van der Waals surface area (Å²) in [7, 11) is -3.47. The number of nitrogens with one attached hydrogen (secondary N) is 1. The maximum Gasteiger partial charge on any atom is 0.243 e. The van der Waals surface area contributed by atoms with Crippen molar-refractivity contribution in [2.75, 3.05) is 38.0 Å². The zero-order valence-corrected chi connectivity index (χ0v) is 17.1. The third-order valence-electron chi connectivity index (χ3n) is 4.79. The predicted octanol–water partition coefficient (Wildman–Crippen LogP) is 2.63. The minimum absolute atomic E-state index is 0.0642. The average Bonchev–Trinajstić information content (AvgIpc) is 2.55. The first kappa shape index (κ1) is 20.9. The summed E-state index contributed by atoms with van der Waals surface area (Å²) in [6, 6.07) is 6.40. The molecule has 26 heavy (non-hydrogen) atoms. The van der Waals surface area contributed by atoms with Crippen LogP contribution in [0.3, 0.4) is 0 Å². The highest BCUT2D eigenvalue weighted by molar-refractivity contribution is 7.89. The Morgan fingerprint density at radius 3 is 2.15 bits per heavy atom. The van der Waals surface area contributed by atoms with Gasteiger partial charge in [0.25, 0.3) is 0 Å². The average molecular weight is 382 g/mol. The Kier molecular flexibility index (Phi) is 7.20. The van der Waals surface area contributed by atoms with E-state index in [1.165, 1.54) is 10.7 Å². The number of hydrogen-bond donors (Lipinski definition) is 1. The van der Waals surface area contributed by atoms with E-state index in [9.17, 15) is 13.2 Å². The van der Waals surface area contributed by atoms with E-state index < -0.39 is 10.0 Å². The standard InChI is InChI=1S/C19H31N3O3S/c1-5-22(6-2)26(24,25)18-9-7-17(8-10-18)20-19(23)14-21-12-15(3)11-16(4)13-21/h7-10,15-16H,5-6,11-14H2,1-4H3,(H,20,23)/t15-,16-/m0/s1. The molecule has 1 amide bonds. The molecule has 0 aliphatic carbocycles. The Balaban J connectivity index is 1.97. The highest BCUT2D eigenvalue weighted by Gasteiger charge is 2.24. The zero-order valence-electron chi connectivity index (χ0n) is 16.2. The first-order valence-corrected chi connectivity index (χ1v) is 10.8. The van der Waals surface area contributed by atoms with Crippen molar-refractivity contribution in [1.82, 2.24) is 9.21 Å². The topological polar surface area (TPSA) is 69.7 Å². The fraction of sp³-hybridized carbons (Fsp3) is 0.632. The van der Waals surface area contributed by atoms with Gasteiger partial charge in [0.05, 0.1) is 11.4 Å². The van der Waals surface area contributed by atoms with Crippen molar-refractivity contribution >= 4 is 21.6 Å². The predicted molar refractivity (Wildman–Crippen MR) is 105 cm³/mol. The zero-order chi connectivity index (χ0) is 19.3. The number of carbonyl (C=O) groups excluding carboxylic acids is 1. The summed E-state index contributed by atoms with van der Waals surface area (Å²) in [6.07, 6.45) is 1.21. The van der Waals surface area contributed by atoms with Crippen LogP contribution in [-0.2, 0) is 14.8 Å². The van der Waals surface area contributed by atoms with E-state index >= 15 is 0 Å². The molecule has 0 spiro atoms. The molecule has 146 valence electrons. The molecule has 0 aromatic heterocycles. The number of piperidine rings is 1. The molecule has 1 saturated heterocycles. The molecular weight excluding hydrogens is 350 g/mol. The summed E-state index contributed by atoms with van der Waals surface area (Å²) in [5, 5.41) is 2.87. The van der Waals surface area contributed by atoms with Crippen LogP contribution < -0.4 is 5.32 Å². The molecule has 1 heterocycles. The first-order chi connectivity index (χ1) is 12.3. The van der Waals surface area contributed by atoms with E-state index in [1.54, 1.807) is 24.3 Å². The second-order valence-corrected chi connectivity index (χ2v) is 9.24. The molecule has 1 aromatic carbocycles. The number of nitrogens with zero attached hydrogens (tertiary/aromatic N) is 2. The summed E-state index contributed by atoms with van der Waals surface area (Å²) in [5.41, 5.74) is 0.617. The van der Waals surface area contributed by atoms with Crippen molar-refractivity contribution < 1.29 is 13.2 Å². The van der Waals surface area contributed by atoms with Crippen LogP contribution >= 0.6 is 0 Å². The number of amides is 1. The lowest BCUT2D eigenvalue weighted by Gasteiger charge is -2.34. The highest BCUT2D eigenvalue weighted by atomic mass is 32.2. The molecule has 0 radical (unpaired) electrons.